The quantitative estimate of drug-likeness (QED) is 0.613. The van der Waals surface area contributed by atoms with Gasteiger partial charge in [0.05, 0.1) is 5.70 Å². The summed E-state index contributed by atoms with van der Waals surface area (Å²) in [6.07, 6.45) is 1.96. The van der Waals surface area contributed by atoms with Crippen LogP contribution in [0.3, 0.4) is 0 Å². The molecule has 0 saturated heterocycles. The van der Waals surface area contributed by atoms with Crippen LogP contribution in [-0.2, 0) is 0 Å². The van der Waals surface area contributed by atoms with Gasteiger partial charge in [-0.05, 0) is 19.9 Å². The number of aryl methyl sites for hydroxylation is 1. The summed E-state index contributed by atoms with van der Waals surface area (Å²) in [6, 6.07) is 8.24. The maximum absolute atomic E-state index is 4.04. The monoisotopic (exact) mass is 174 g/mol. The highest BCUT2D eigenvalue weighted by atomic mass is 15.1. The molecule has 0 amide bonds. The second-order valence-electron chi connectivity index (χ2n) is 2.84. The molecule has 2 heteroatoms. The van der Waals surface area contributed by atoms with Crippen LogP contribution in [0.2, 0.25) is 0 Å². The van der Waals surface area contributed by atoms with Gasteiger partial charge in [-0.2, -0.15) is 10.2 Å². The number of hydrogen-bond donors (Lipinski definition) is 0. The molecular weight excluding hydrogens is 160 g/mol. The van der Waals surface area contributed by atoms with E-state index in [1.54, 1.807) is 7.05 Å². The fraction of sp³-hybridized carbons (Fsp3) is 0.273. The van der Waals surface area contributed by atoms with Gasteiger partial charge in [0, 0.05) is 12.6 Å². The molecule has 68 valence electrons. The van der Waals surface area contributed by atoms with Crippen LogP contribution in [0, 0.1) is 6.92 Å². The summed E-state index contributed by atoms with van der Waals surface area (Å²) in [4.78, 5) is 0. The molecule has 0 saturated carbocycles. The molecule has 0 heterocycles. The summed E-state index contributed by atoms with van der Waals surface area (Å²) >= 11 is 0. The third-order valence-electron chi connectivity index (χ3n) is 1.80. The minimum Gasteiger partial charge on any atom is -0.192 e. The largest absolute Gasteiger partial charge is 0.192 e. The molecule has 0 aliphatic carbocycles. The van der Waals surface area contributed by atoms with Gasteiger partial charge in [-0.15, -0.1) is 0 Å². The first-order valence-corrected chi connectivity index (χ1v) is 4.31. The van der Waals surface area contributed by atoms with E-state index in [9.17, 15) is 0 Å². The Morgan fingerprint density at radius 3 is 2.69 bits per heavy atom. The van der Waals surface area contributed by atoms with Gasteiger partial charge in [0.25, 0.3) is 0 Å². The van der Waals surface area contributed by atoms with E-state index in [0.717, 1.165) is 11.3 Å². The predicted molar refractivity (Wildman–Crippen MR) is 55.6 cm³/mol. The topological polar surface area (TPSA) is 24.7 Å². The molecule has 0 bridgehead atoms. The van der Waals surface area contributed by atoms with Crippen molar-refractivity contribution in [2.45, 2.75) is 13.8 Å². The van der Waals surface area contributed by atoms with Crippen molar-refractivity contribution in [2.75, 3.05) is 7.05 Å². The number of nitrogens with zero attached hydrogens (tertiary/aromatic N) is 2. The lowest BCUT2D eigenvalue weighted by atomic mass is 10.1. The Kier molecular flexibility index (Phi) is 3.38. The average molecular weight is 174 g/mol. The smallest absolute Gasteiger partial charge is 0.0882 e. The SMILES string of the molecule is C/C=C(\N=NC)c1cccc(C)c1. The molecule has 0 radical (unpaired) electrons. The number of hydrogen-bond acceptors (Lipinski definition) is 2. The molecular formula is C11H14N2. The van der Waals surface area contributed by atoms with Crippen LogP contribution in [0.15, 0.2) is 40.6 Å². The van der Waals surface area contributed by atoms with Crippen LogP contribution in [-0.4, -0.2) is 7.05 Å². The Balaban J connectivity index is 3.06. The Morgan fingerprint density at radius 1 is 1.38 bits per heavy atom. The summed E-state index contributed by atoms with van der Waals surface area (Å²) in [7, 11) is 1.68. The van der Waals surface area contributed by atoms with Crippen molar-refractivity contribution in [1.82, 2.24) is 0 Å². The number of rotatable bonds is 2. The first-order valence-electron chi connectivity index (χ1n) is 4.31. The number of azo groups is 1. The van der Waals surface area contributed by atoms with Crippen LogP contribution in [0.4, 0.5) is 0 Å². The fourth-order valence-electron chi connectivity index (χ4n) is 1.19. The second-order valence-corrected chi connectivity index (χ2v) is 2.84. The zero-order chi connectivity index (χ0) is 9.68. The van der Waals surface area contributed by atoms with Crippen molar-refractivity contribution in [2.24, 2.45) is 10.2 Å². The Hall–Kier alpha value is -1.44. The second kappa shape index (κ2) is 4.55. The van der Waals surface area contributed by atoms with Crippen molar-refractivity contribution in [3.05, 3.63) is 41.5 Å². The summed E-state index contributed by atoms with van der Waals surface area (Å²) in [5.41, 5.74) is 3.28. The highest BCUT2D eigenvalue weighted by Gasteiger charge is 1.97. The summed E-state index contributed by atoms with van der Waals surface area (Å²) < 4.78 is 0. The highest BCUT2D eigenvalue weighted by molar-refractivity contribution is 5.64. The van der Waals surface area contributed by atoms with Gasteiger partial charge in [-0.3, -0.25) is 0 Å². The van der Waals surface area contributed by atoms with Crippen LogP contribution >= 0.6 is 0 Å². The minimum absolute atomic E-state index is 0.922. The lowest BCUT2D eigenvalue weighted by Gasteiger charge is -2.00. The summed E-state index contributed by atoms with van der Waals surface area (Å²) in [5, 5.41) is 7.81. The minimum atomic E-state index is 0.922. The molecule has 0 aliphatic heterocycles. The molecule has 0 aliphatic rings. The Bertz CT molecular complexity index is 338. The molecule has 0 fully saturated rings. The molecule has 0 spiro atoms. The van der Waals surface area contributed by atoms with Gasteiger partial charge in [-0.1, -0.05) is 29.8 Å². The van der Waals surface area contributed by atoms with Crippen LogP contribution in [0.25, 0.3) is 5.70 Å². The van der Waals surface area contributed by atoms with E-state index in [1.165, 1.54) is 5.56 Å². The Labute approximate surface area is 79.0 Å². The third kappa shape index (κ3) is 2.51. The standard InChI is InChI=1S/C11H14N2/c1-4-11(13-12-3)10-7-5-6-9(2)8-10/h4-8H,1-3H3/b11-4-,13-12?. The maximum Gasteiger partial charge on any atom is 0.0882 e. The zero-order valence-electron chi connectivity index (χ0n) is 8.28. The third-order valence-corrected chi connectivity index (χ3v) is 1.80. The van der Waals surface area contributed by atoms with Crippen molar-refractivity contribution in [1.29, 1.82) is 0 Å². The van der Waals surface area contributed by atoms with Gasteiger partial charge in [0.15, 0.2) is 0 Å². The van der Waals surface area contributed by atoms with E-state index >= 15 is 0 Å². The number of allylic oxidation sites excluding steroid dienone is 1. The van der Waals surface area contributed by atoms with E-state index in [4.69, 9.17) is 0 Å². The van der Waals surface area contributed by atoms with E-state index in [2.05, 4.69) is 29.3 Å². The summed E-state index contributed by atoms with van der Waals surface area (Å²) in [6.45, 7) is 4.03. The first kappa shape index (κ1) is 9.65. The van der Waals surface area contributed by atoms with Crippen molar-refractivity contribution in [3.8, 4) is 0 Å². The van der Waals surface area contributed by atoms with E-state index < -0.39 is 0 Å². The molecule has 1 aromatic carbocycles. The molecule has 0 atom stereocenters. The number of benzene rings is 1. The van der Waals surface area contributed by atoms with Crippen LogP contribution in [0.5, 0.6) is 0 Å². The average Bonchev–Trinajstić information content (AvgIpc) is 2.14. The first-order chi connectivity index (χ1) is 6.27. The van der Waals surface area contributed by atoms with Crippen molar-refractivity contribution >= 4 is 5.70 Å². The molecule has 0 aromatic heterocycles. The zero-order valence-corrected chi connectivity index (χ0v) is 8.28. The van der Waals surface area contributed by atoms with Crippen molar-refractivity contribution in [3.63, 3.8) is 0 Å². The molecule has 0 unspecified atom stereocenters. The predicted octanol–water partition coefficient (Wildman–Crippen LogP) is 3.44. The Morgan fingerprint density at radius 2 is 2.15 bits per heavy atom. The molecule has 0 N–H and O–H groups in total. The van der Waals surface area contributed by atoms with Gasteiger partial charge < -0.3 is 0 Å². The molecule has 1 rings (SSSR count). The summed E-state index contributed by atoms with van der Waals surface area (Å²) in [5.74, 6) is 0. The normalized spacial score (nSPS) is 12.4. The lowest BCUT2D eigenvalue weighted by molar-refractivity contribution is 1.17. The van der Waals surface area contributed by atoms with Crippen LogP contribution in [0.1, 0.15) is 18.1 Å². The van der Waals surface area contributed by atoms with Crippen molar-refractivity contribution < 1.29 is 0 Å². The molecule has 13 heavy (non-hydrogen) atoms. The van der Waals surface area contributed by atoms with E-state index in [0.29, 0.717) is 0 Å². The lowest BCUT2D eigenvalue weighted by Crippen LogP contribution is -1.81. The van der Waals surface area contributed by atoms with Gasteiger partial charge in [0.2, 0.25) is 0 Å². The van der Waals surface area contributed by atoms with E-state index in [1.807, 2.05) is 25.1 Å². The highest BCUT2D eigenvalue weighted by Crippen LogP contribution is 2.16. The van der Waals surface area contributed by atoms with Gasteiger partial charge in [0.1, 0.15) is 0 Å². The maximum atomic E-state index is 4.04. The van der Waals surface area contributed by atoms with Gasteiger partial charge >= 0.3 is 0 Å². The van der Waals surface area contributed by atoms with Gasteiger partial charge in [-0.25, -0.2) is 0 Å². The molecule has 1 aromatic rings. The van der Waals surface area contributed by atoms with E-state index in [-0.39, 0.29) is 0 Å². The molecule has 2 nitrogen and oxygen atoms in total. The fourth-order valence-corrected chi connectivity index (χ4v) is 1.19. The van der Waals surface area contributed by atoms with Crippen LogP contribution < -0.4 is 0 Å².